The second-order valence-corrected chi connectivity index (χ2v) is 7.14. The van der Waals surface area contributed by atoms with Crippen molar-refractivity contribution in [2.75, 3.05) is 59.2 Å². The van der Waals surface area contributed by atoms with Crippen LogP contribution in [0.25, 0.3) is 0 Å². The van der Waals surface area contributed by atoms with Crippen LogP contribution in [0.5, 0.6) is 5.75 Å². The number of rotatable bonds is 9. The normalized spacial score (nSPS) is 15.4. The van der Waals surface area contributed by atoms with Crippen LogP contribution in [0.4, 0.5) is 5.69 Å². The summed E-state index contributed by atoms with van der Waals surface area (Å²) in [4.78, 5) is 28.3. The van der Waals surface area contributed by atoms with Crippen LogP contribution in [0.1, 0.15) is 19.3 Å². The highest BCUT2D eigenvalue weighted by Gasteiger charge is 2.22. The van der Waals surface area contributed by atoms with E-state index in [0.29, 0.717) is 18.0 Å². The van der Waals surface area contributed by atoms with Crippen molar-refractivity contribution in [1.82, 2.24) is 15.1 Å². The molecule has 0 aliphatic carbocycles. The van der Waals surface area contributed by atoms with Crippen molar-refractivity contribution in [2.45, 2.75) is 19.3 Å². The first-order valence-corrected chi connectivity index (χ1v) is 9.56. The van der Waals surface area contributed by atoms with Gasteiger partial charge in [-0.25, -0.2) is 0 Å². The molecule has 0 unspecified atom stereocenters. The first-order valence-electron chi connectivity index (χ1n) is 9.56. The Bertz CT molecular complexity index is 615. The number of hydrogen-bond acceptors (Lipinski definition) is 5. The number of nitrogens with zero attached hydrogens (tertiary/aromatic N) is 2. The maximum Gasteiger partial charge on any atom is 0.243 e. The zero-order valence-corrected chi connectivity index (χ0v) is 16.7. The van der Waals surface area contributed by atoms with E-state index in [9.17, 15) is 9.59 Å². The molecule has 0 bridgehead atoms. The average Bonchev–Trinajstić information content (AvgIpc) is 2.67. The Kier molecular flexibility index (Phi) is 8.54. The highest BCUT2D eigenvalue weighted by molar-refractivity contribution is 5.94. The minimum atomic E-state index is -0.218. The summed E-state index contributed by atoms with van der Waals surface area (Å²) in [6, 6.07) is 7.16. The van der Waals surface area contributed by atoms with Gasteiger partial charge in [-0.05, 0) is 64.0 Å². The summed E-state index contributed by atoms with van der Waals surface area (Å²) in [5.41, 5.74) is 0.656. The number of carbonyl (C=O) groups excluding carboxylic acids is 2. The minimum absolute atomic E-state index is 0.0236. The Hall–Kier alpha value is -2.12. The van der Waals surface area contributed by atoms with Gasteiger partial charge < -0.3 is 20.3 Å². The monoisotopic (exact) mass is 376 g/mol. The van der Waals surface area contributed by atoms with Crippen molar-refractivity contribution in [3.05, 3.63) is 24.3 Å². The maximum absolute atomic E-state index is 12.4. The van der Waals surface area contributed by atoms with Gasteiger partial charge in [-0.3, -0.25) is 14.5 Å². The number of likely N-dealkylation sites (N-methyl/N-ethyl adjacent to an activating group) is 1. The molecule has 150 valence electrons. The van der Waals surface area contributed by atoms with Gasteiger partial charge in [0, 0.05) is 18.8 Å². The van der Waals surface area contributed by atoms with Gasteiger partial charge >= 0.3 is 0 Å². The molecular formula is C20H32N4O3. The fourth-order valence-electron chi connectivity index (χ4n) is 3.30. The number of carbonyl (C=O) groups is 2. The number of ether oxygens (including phenoxy) is 1. The van der Waals surface area contributed by atoms with Crippen molar-refractivity contribution >= 4 is 17.5 Å². The first-order chi connectivity index (χ1) is 13.0. The quantitative estimate of drug-likeness (QED) is 0.682. The number of benzene rings is 1. The van der Waals surface area contributed by atoms with Crippen molar-refractivity contribution in [1.29, 1.82) is 0 Å². The molecule has 0 spiro atoms. The molecule has 0 aromatic heterocycles. The lowest BCUT2D eigenvalue weighted by molar-refractivity contribution is -0.134. The lowest BCUT2D eigenvalue weighted by atomic mass is 9.93. The highest BCUT2D eigenvalue weighted by Crippen LogP contribution is 2.20. The van der Waals surface area contributed by atoms with E-state index in [1.54, 1.807) is 26.3 Å². The van der Waals surface area contributed by atoms with Gasteiger partial charge in [0.05, 0.1) is 20.2 Å². The number of likely N-dealkylation sites (tertiary alicyclic amines) is 1. The van der Waals surface area contributed by atoms with Gasteiger partial charge in [0.2, 0.25) is 11.8 Å². The fraction of sp³-hybridized carbons (Fsp3) is 0.600. The van der Waals surface area contributed by atoms with Crippen molar-refractivity contribution in [2.24, 2.45) is 5.92 Å². The zero-order chi connectivity index (χ0) is 19.6. The summed E-state index contributed by atoms with van der Waals surface area (Å²) in [7, 11) is 5.23. The van der Waals surface area contributed by atoms with E-state index >= 15 is 0 Å². The molecule has 7 nitrogen and oxygen atoms in total. The lowest BCUT2D eigenvalue weighted by Crippen LogP contribution is -2.44. The number of anilines is 1. The lowest BCUT2D eigenvalue weighted by Gasteiger charge is -2.32. The third-order valence-electron chi connectivity index (χ3n) is 5.03. The molecule has 27 heavy (non-hydrogen) atoms. The van der Waals surface area contributed by atoms with Crippen LogP contribution in [0, 0.1) is 5.92 Å². The molecule has 1 aliphatic heterocycles. The average molecular weight is 377 g/mol. The van der Waals surface area contributed by atoms with Crippen LogP contribution in [-0.4, -0.2) is 75.5 Å². The minimum Gasteiger partial charge on any atom is -0.497 e. The van der Waals surface area contributed by atoms with Crippen LogP contribution < -0.4 is 15.4 Å². The molecule has 0 saturated carbocycles. The summed E-state index contributed by atoms with van der Waals surface area (Å²) in [6.45, 7) is 3.36. The van der Waals surface area contributed by atoms with Gasteiger partial charge in [-0.15, -0.1) is 0 Å². The van der Waals surface area contributed by atoms with Crippen LogP contribution in [-0.2, 0) is 9.59 Å². The standard InChI is InChI=1S/C20H32N4O3/c1-21-10-7-16-8-11-24(12-9-16)15-20(26)23(2)14-19(25)22-17-5-4-6-18(13-17)27-3/h4-6,13,16,21H,7-12,14-15H2,1-3H3,(H,22,25). The molecule has 1 aromatic rings. The predicted octanol–water partition coefficient (Wildman–Crippen LogP) is 1.41. The summed E-state index contributed by atoms with van der Waals surface area (Å²) in [5.74, 6) is 1.18. The van der Waals surface area contributed by atoms with Gasteiger partial charge in [0.15, 0.2) is 0 Å². The number of hydrogen-bond donors (Lipinski definition) is 2. The molecular weight excluding hydrogens is 344 g/mol. The zero-order valence-electron chi connectivity index (χ0n) is 16.7. The molecule has 2 rings (SSSR count). The van der Waals surface area contributed by atoms with E-state index in [4.69, 9.17) is 4.74 Å². The van der Waals surface area contributed by atoms with Gasteiger partial charge in [0.1, 0.15) is 5.75 Å². The molecule has 1 aliphatic rings. The Morgan fingerprint density at radius 3 is 2.70 bits per heavy atom. The summed E-state index contributed by atoms with van der Waals surface area (Å²) < 4.78 is 5.14. The van der Waals surface area contributed by atoms with Crippen LogP contribution in [0.2, 0.25) is 0 Å². The fourth-order valence-corrected chi connectivity index (χ4v) is 3.30. The SMILES string of the molecule is CNCCC1CCN(CC(=O)N(C)CC(=O)Nc2cccc(OC)c2)CC1. The summed E-state index contributed by atoms with van der Waals surface area (Å²) in [5, 5.41) is 6.00. The van der Waals surface area contributed by atoms with Gasteiger partial charge in [-0.2, -0.15) is 0 Å². The Morgan fingerprint density at radius 2 is 2.04 bits per heavy atom. The third kappa shape index (κ3) is 7.19. The van der Waals surface area contributed by atoms with Crippen LogP contribution in [0.15, 0.2) is 24.3 Å². The topological polar surface area (TPSA) is 73.9 Å². The van der Waals surface area contributed by atoms with E-state index in [0.717, 1.165) is 38.4 Å². The molecule has 1 fully saturated rings. The Labute approximate surface area is 162 Å². The largest absolute Gasteiger partial charge is 0.497 e. The van der Waals surface area contributed by atoms with Crippen LogP contribution in [0.3, 0.4) is 0 Å². The Balaban J connectivity index is 1.72. The van der Waals surface area contributed by atoms with E-state index in [-0.39, 0.29) is 18.4 Å². The number of piperidine rings is 1. The maximum atomic E-state index is 12.4. The molecule has 2 N–H and O–H groups in total. The second kappa shape index (κ2) is 10.9. The van der Waals surface area contributed by atoms with Gasteiger partial charge in [0.25, 0.3) is 0 Å². The molecule has 2 amide bonds. The number of nitrogens with one attached hydrogen (secondary N) is 2. The molecule has 0 atom stereocenters. The Morgan fingerprint density at radius 1 is 1.30 bits per heavy atom. The first kappa shape index (κ1) is 21.2. The summed E-state index contributed by atoms with van der Waals surface area (Å²) in [6.07, 6.45) is 3.46. The molecule has 7 heteroatoms. The predicted molar refractivity (Wildman–Crippen MR) is 107 cm³/mol. The highest BCUT2D eigenvalue weighted by atomic mass is 16.5. The van der Waals surface area contributed by atoms with Crippen molar-refractivity contribution in [3.8, 4) is 5.75 Å². The van der Waals surface area contributed by atoms with E-state index < -0.39 is 0 Å². The summed E-state index contributed by atoms with van der Waals surface area (Å²) >= 11 is 0. The van der Waals surface area contributed by atoms with Crippen molar-refractivity contribution < 1.29 is 14.3 Å². The number of amides is 2. The molecule has 1 saturated heterocycles. The van der Waals surface area contributed by atoms with Crippen molar-refractivity contribution in [3.63, 3.8) is 0 Å². The number of methoxy groups -OCH3 is 1. The van der Waals surface area contributed by atoms with Gasteiger partial charge in [-0.1, -0.05) is 6.07 Å². The second-order valence-electron chi connectivity index (χ2n) is 7.14. The molecule has 0 radical (unpaired) electrons. The smallest absolute Gasteiger partial charge is 0.243 e. The molecule has 1 aromatic carbocycles. The molecule has 1 heterocycles. The third-order valence-corrected chi connectivity index (χ3v) is 5.03. The van der Waals surface area contributed by atoms with E-state index in [2.05, 4.69) is 15.5 Å². The van der Waals surface area contributed by atoms with E-state index in [1.807, 2.05) is 19.2 Å². The van der Waals surface area contributed by atoms with E-state index in [1.165, 1.54) is 11.3 Å². The van der Waals surface area contributed by atoms with Crippen LogP contribution >= 0.6 is 0 Å².